The molecule has 0 aromatic heterocycles. The number of ether oxygens (including phenoxy) is 1. The van der Waals surface area contributed by atoms with Crippen molar-refractivity contribution < 1.29 is 28.6 Å². The van der Waals surface area contributed by atoms with Crippen molar-refractivity contribution in [2.75, 3.05) is 31.2 Å². The quantitative estimate of drug-likeness (QED) is 0.862. The maximum atomic E-state index is 13.6. The second-order valence-electron chi connectivity index (χ2n) is 5.96. The van der Waals surface area contributed by atoms with Gasteiger partial charge in [0, 0.05) is 25.2 Å². The molecule has 2 unspecified atom stereocenters. The third kappa shape index (κ3) is 3.45. The second kappa shape index (κ2) is 6.97. The van der Waals surface area contributed by atoms with Gasteiger partial charge in [0.2, 0.25) is 11.8 Å². The number of aliphatic carboxylic acids is 1. The van der Waals surface area contributed by atoms with Gasteiger partial charge in [0.1, 0.15) is 5.82 Å². The summed E-state index contributed by atoms with van der Waals surface area (Å²) < 4.78 is 18.7. The topological polar surface area (TPSA) is 87.1 Å². The van der Waals surface area contributed by atoms with Gasteiger partial charge in [0.25, 0.3) is 0 Å². The number of carboxylic acids is 1. The molecule has 2 atom stereocenters. The van der Waals surface area contributed by atoms with Crippen LogP contribution in [0.15, 0.2) is 18.2 Å². The van der Waals surface area contributed by atoms with Crippen molar-refractivity contribution in [3.8, 4) is 0 Å². The minimum absolute atomic E-state index is 0.0488. The van der Waals surface area contributed by atoms with Crippen LogP contribution in [-0.2, 0) is 19.1 Å². The van der Waals surface area contributed by atoms with Gasteiger partial charge in [0.05, 0.1) is 24.2 Å². The van der Waals surface area contributed by atoms with Gasteiger partial charge < -0.3 is 19.6 Å². The van der Waals surface area contributed by atoms with Gasteiger partial charge >= 0.3 is 5.97 Å². The Balaban J connectivity index is 1.76. The molecular formula is C16H16ClFN2O5. The Labute approximate surface area is 147 Å². The van der Waals surface area contributed by atoms with E-state index < -0.39 is 29.7 Å². The minimum atomic E-state index is -1.14. The summed E-state index contributed by atoms with van der Waals surface area (Å²) in [5.74, 6) is -3.19. The highest BCUT2D eigenvalue weighted by molar-refractivity contribution is 6.30. The average Bonchev–Trinajstić information content (AvgIpc) is 2.98. The van der Waals surface area contributed by atoms with E-state index in [0.29, 0.717) is 5.69 Å². The molecule has 1 aromatic carbocycles. The van der Waals surface area contributed by atoms with Gasteiger partial charge in [-0.1, -0.05) is 11.6 Å². The molecule has 2 amide bonds. The standard InChI is InChI=1S/C16H16ClFN2O5/c17-11-2-1-10(6-12(11)18)20-7-9(5-14(20)21)15(22)19-3-4-25-8-13(19)16(23)24/h1-2,6,9,13H,3-5,7-8H2,(H,23,24). The number of anilines is 1. The zero-order chi connectivity index (χ0) is 18.1. The summed E-state index contributed by atoms with van der Waals surface area (Å²) in [6.07, 6.45) is -0.0488. The highest BCUT2D eigenvalue weighted by atomic mass is 35.5. The number of rotatable bonds is 3. The number of hydrogen-bond donors (Lipinski definition) is 1. The molecule has 3 rings (SSSR count). The zero-order valence-corrected chi connectivity index (χ0v) is 13.9. The first-order valence-corrected chi connectivity index (χ1v) is 8.12. The number of benzene rings is 1. The highest BCUT2D eigenvalue weighted by Crippen LogP contribution is 2.29. The average molecular weight is 371 g/mol. The van der Waals surface area contributed by atoms with E-state index in [4.69, 9.17) is 16.3 Å². The largest absolute Gasteiger partial charge is 0.480 e. The number of morpholine rings is 1. The molecular weight excluding hydrogens is 355 g/mol. The maximum Gasteiger partial charge on any atom is 0.328 e. The summed E-state index contributed by atoms with van der Waals surface area (Å²) in [7, 11) is 0. The summed E-state index contributed by atoms with van der Waals surface area (Å²) in [5.41, 5.74) is 0.318. The maximum absolute atomic E-state index is 13.6. The lowest BCUT2D eigenvalue weighted by molar-refractivity contribution is -0.160. The molecule has 7 nitrogen and oxygen atoms in total. The predicted molar refractivity (Wildman–Crippen MR) is 85.8 cm³/mol. The first-order chi connectivity index (χ1) is 11.9. The summed E-state index contributed by atoms with van der Waals surface area (Å²) >= 11 is 5.64. The van der Waals surface area contributed by atoms with Crippen LogP contribution in [-0.4, -0.2) is 60.1 Å². The van der Waals surface area contributed by atoms with Crippen molar-refractivity contribution in [2.45, 2.75) is 12.5 Å². The smallest absolute Gasteiger partial charge is 0.328 e. The van der Waals surface area contributed by atoms with E-state index in [1.165, 1.54) is 21.9 Å². The number of hydrogen-bond acceptors (Lipinski definition) is 4. The molecule has 1 N–H and O–H groups in total. The fourth-order valence-electron chi connectivity index (χ4n) is 3.08. The number of amides is 2. The molecule has 1 aromatic rings. The van der Waals surface area contributed by atoms with E-state index in [0.717, 1.165) is 6.07 Å². The van der Waals surface area contributed by atoms with Gasteiger partial charge in [-0.25, -0.2) is 9.18 Å². The lowest BCUT2D eigenvalue weighted by Gasteiger charge is -2.34. The molecule has 2 aliphatic rings. The van der Waals surface area contributed by atoms with E-state index in [-0.39, 0.29) is 43.7 Å². The van der Waals surface area contributed by atoms with E-state index in [9.17, 15) is 23.9 Å². The van der Waals surface area contributed by atoms with E-state index in [2.05, 4.69) is 0 Å². The molecule has 2 heterocycles. The molecule has 0 spiro atoms. The predicted octanol–water partition coefficient (Wildman–Crippen LogP) is 1.14. The van der Waals surface area contributed by atoms with Crippen LogP contribution in [0.1, 0.15) is 6.42 Å². The van der Waals surface area contributed by atoms with Crippen LogP contribution in [0.25, 0.3) is 0 Å². The van der Waals surface area contributed by atoms with Crippen molar-refractivity contribution in [3.05, 3.63) is 29.0 Å². The summed E-state index contributed by atoms with van der Waals surface area (Å²) in [6.45, 7) is 0.411. The van der Waals surface area contributed by atoms with Gasteiger partial charge in [-0.3, -0.25) is 9.59 Å². The van der Waals surface area contributed by atoms with E-state index in [1.54, 1.807) is 0 Å². The number of halogens is 2. The van der Waals surface area contributed by atoms with Crippen molar-refractivity contribution in [3.63, 3.8) is 0 Å². The van der Waals surface area contributed by atoms with Crippen LogP contribution >= 0.6 is 11.6 Å². The summed E-state index contributed by atoms with van der Waals surface area (Å²) in [6, 6.07) is 2.93. The minimum Gasteiger partial charge on any atom is -0.480 e. The number of nitrogens with zero attached hydrogens (tertiary/aromatic N) is 2. The lowest BCUT2D eigenvalue weighted by Crippen LogP contribution is -2.54. The first kappa shape index (κ1) is 17.6. The Kier molecular flexibility index (Phi) is 4.91. The van der Waals surface area contributed by atoms with Crippen molar-refractivity contribution in [1.82, 2.24) is 4.90 Å². The van der Waals surface area contributed by atoms with Crippen LogP contribution < -0.4 is 4.90 Å². The molecule has 0 bridgehead atoms. The molecule has 2 saturated heterocycles. The van der Waals surface area contributed by atoms with Crippen molar-refractivity contribution in [1.29, 1.82) is 0 Å². The fraction of sp³-hybridized carbons (Fsp3) is 0.438. The summed E-state index contributed by atoms with van der Waals surface area (Å²) in [5, 5.41) is 9.18. The van der Waals surface area contributed by atoms with E-state index >= 15 is 0 Å². The van der Waals surface area contributed by atoms with Gasteiger partial charge in [-0.15, -0.1) is 0 Å². The van der Waals surface area contributed by atoms with Crippen molar-refractivity contribution in [2.24, 2.45) is 5.92 Å². The Bertz CT molecular complexity index is 728. The number of carboxylic acid groups (broad SMARTS) is 1. The lowest BCUT2D eigenvalue weighted by atomic mass is 10.1. The van der Waals surface area contributed by atoms with Crippen LogP contribution in [0, 0.1) is 11.7 Å². The number of carbonyl (C=O) groups is 3. The second-order valence-corrected chi connectivity index (χ2v) is 6.37. The monoisotopic (exact) mass is 370 g/mol. The van der Waals surface area contributed by atoms with E-state index in [1.807, 2.05) is 0 Å². The Morgan fingerprint density at radius 2 is 2.12 bits per heavy atom. The molecule has 0 saturated carbocycles. The molecule has 9 heteroatoms. The van der Waals surface area contributed by atoms with Crippen LogP contribution in [0.3, 0.4) is 0 Å². The number of carbonyl (C=O) groups excluding carboxylic acids is 2. The Morgan fingerprint density at radius 1 is 1.36 bits per heavy atom. The van der Waals surface area contributed by atoms with Crippen LogP contribution in [0.4, 0.5) is 10.1 Å². The third-order valence-electron chi connectivity index (χ3n) is 4.39. The molecule has 0 radical (unpaired) electrons. The molecule has 0 aliphatic carbocycles. The first-order valence-electron chi connectivity index (χ1n) is 7.75. The SMILES string of the molecule is O=C(O)C1COCCN1C(=O)C1CC(=O)N(c2ccc(Cl)c(F)c2)C1. The normalized spacial score (nSPS) is 23.8. The molecule has 2 fully saturated rings. The highest BCUT2D eigenvalue weighted by Gasteiger charge is 2.41. The fourth-order valence-corrected chi connectivity index (χ4v) is 3.20. The Morgan fingerprint density at radius 3 is 2.80 bits per heavy atom. The van der Waals surface area contributed by atoms with Crippen molar-refractivity contribution >= 4 is 35.1 Å². The van der Waals surface area contributed by atoms with Gasteiger partial charge in [0.15, 0.2) is 6.04 Å². The van der Waals surface area contributed by atoms with Crippen LogP contribution in [0.5, 0.6) is 0 Å². The molecule has 25 heavy (non-hydrogen) atoms. The molecule has 2 aliphatic heterocycles. The Hall–Kier alpha value is -2.19. The van der Waals surface area contributed by atoms with Gasteiger partial charge in [-0.05, 0) is 18.2 Å². The van der Waals surface area contributed by atoms with Gasteiger partial charge in [-0.2, -0.15) is 0 Å². The summed E-state index contributed by atoms with van der Waals surface area (Å²) in [4.78, 5) is 38.8. The molecule has 134 valence electrons. The zero-order valence-electron chi connectivity index (χ0n) is 13.2. The third-order valence-corrected chi connectivity index (χ3v) is 4.69. The van der Waals surface area contributed by atoms with Crippen LogP contribution in [0.2, 0.25) is 5.02 Å².